The van der Waals surface area contributed by atoms with Gasteiger partial charge in [-0.15, -0.1) is 0 Å². The molecule has 1 aliphatic heterocycles. The van der Waals surface area contributed by atoms with Gasteiger partial charge >= 0.3 is 5.97 Å². The molecular formula is C18H23N3O5. The molecule has 2 atom stereocenters. The molecule has 1 saturated heterocycles. The van der Waals surface area contributed by atoms with Crippen LogP contribution in [0, 0.1) is 5.92 Å². The van der Waals surface area contributed by atoms with E-state index in [1.54, 1.807) is 4.90 Å². The maximum Gasteiger partial charge on any atom is 0.311 e. The molecule has 2 N–H and O–H groups in total. The van der Waals surface area contributed by atoms with Gasteiger partial charge in [0.05, 0.1) is 18.5 Å². The molecule has 8 nitrogen and oxygen atoms in total. The third kappa shape index (κ3) is 5.05. The Morgan fingerprint density at radius 1 is 1.23 bits per heavy atom. The Kier molecular flexibility index (Phi) is 6.71. The first kappa shape index (κ1) is 19.4. The van der Waals surface area contributed by atoms with E-state index in [-0.39, 0.29) is 37.4 Å². The minimum atomic E-state index is -0.597. The Morgan fingerprint density at radius 3 is 2.58 bits per heavy atom. The van der Waals surface area contributed by atoms with Gasteiger partial charge in [-0.2, -0.15) is 0 Å². The molecule has 26 heavy (non-hydrogen) atoms. The zero-order valence-electron chi connectivity index (χ0n) is 14.9. The third-order valence-electron chi connectivity index (χ3n) is 4.31. The quantitative estimate of drug-likeness (QED) is 0.665. The minimum absolute atomic E-state index is 0.0653. The summed E-state index contributed by atoms with van der Waals surface area (Å²) in [5, 5.41) is 4.69. The van der Waals surface area contributed by atoms with Crippen molar-refractivity contribution >= 4 is 23.7 Å². The summed E-state index contributed by atoms with van der Waals surface area (Å²) < 4.78 is 4.97. The molecule has 2 rings (SSSR count). The van der Waals surface area contributed by atoms with Gasteiger partial charge in [0.2, 0.25) is 11.8 Å². The van der Waals surface area contributed by atoms with Gasteiger partial charge in [-0.3, -0.25) is 19.2 Å². The van der Waals surface area contributed by atoms with E-state index in [2.05, 4.69) is 10.6 Å². The second-order valence-corrected chi connectivity index (χ2v) is 6.09. The summed E-state index contributed by atoms with van der Waals surface area (Å²) in [6.07, 6.45) is 0.0653. The fourth-order valence-corrected chi connectivity index (χ4v) is 2.75. The summed E-state index contributed by atoms with van der Waals surface area (Å²) >= 11 is 0. The molecule has 0 unspecified atom stereocenters. The Balaban J connectivity index is 1.83. The van der Waals surface area contributed by atoms with E-state index in [0.717, 1.165) is 5.56 Å². The lowest BCUT2D eigenvalue weighted by atomic mass is 10.1. The maximum atomic E-state index is 12.2. The summed E-state index contributed by atoms with van der Waals surface area (Å²) in [5.41, 5.74) is 0.989. The summed E-state index contributed by atoms with van der Waals surface area (Å²) in [5.74, 6) is -2.22. The van der Waals surface area contributed by atoms with E-state index in [0.29, 0.717) is 0 Å². The zero-order chi connectivity index (χ0) is 19.1. The SMILES string of the molecule is CNC(=O)CNC(=O)COC(=O)[C@H]1CC(=O)N([C@@H](C)c2ccccc2)C1. The topological polar surface area (TPSA) is 105 Å². The molecule has 1 fully saturated rings. The molecular weight excluding hydrogens is 338 g/mol. The molecule has 8 heteroatoms. The van der Waals surface area contributed by atoms with Crippen molar-refractivity contribution in [1.29, 1.82) is 0 Å². The van der Waals surface area contributed by atoms with Crippen molar-refractivity contribution in [1.82, 2.24) is 15.5 Å². The smallest absolute Gasteiger partial charge is 0.311 e. The highest BCUT2D eigenvalue weighted by atomic mass is 16.5. The average Bonchev–Trinajstić information content (AvgIpc) is 3.05. The largest absolute Gasteiger partial charge is 0.455 e. The number of carbonyl (C=O) groups is 4. The van der Waals surface area contributed by atoms with Crippen LogP contribution in [0.3, 0.4) is 0 Å². The van der Waals surface area contributed by atoms with Crippen molar-refractivity contribution in [2.24, 2.45) is 5.92 Å². The number of likely N-dealkylation sites (tertiary alicyclic amines) is 1. The Hall–Kier alpha value is -2.90. The van der Waals surface area contributed by atoms with Crippen LogP contribution in [0.15, 0.2) is 30.3 Å². The van der Waals surface area contributed by atoms with Gasteiger partial charge in [-0.1, -0.05) is 30.3 Å². The Labute approximate surface area is 151 Å². The number of ether oxygens (including phenoxy) is 1. The van der Waals surface area contributed by atoms with Crippen LogP contribution in [0.1, 0.15) is 24.9 Å². The monoisotopic (exact) mass is 361 g/mol. The normalized spacial score (nSPS) is 17.5. The number of hydrogen-bond acceptors (Lipinski definition) is 5. The fourth-order valence-electron chi connectivity index (χ4n) is 2.75. The zero-order valence-corrected chi connectivity index (χ0v) is 14.9. The second kappa shape index (κ2) is 8.98. The molecule has 1 aromatic carbocycles. The third-order valence-corrected chi connectivity index (χ3v) is 4.31. The highest BCUT2D eigenvalue weighted by molar-refractivity contribution is 5.89. The number of nitrogens with zero attached hydrogens (tertiary/aromatic N) is 1. The first-order valence-corrected chi connectivity index (χ1v) is 8.40. The minimum Gasteiger partial charge on any atom is -0.455 e. The van der Waals surface area contributed by atoms with Gasteiger partial charge in [-0.05, 0) is 12.5 Å². The van der Waals surface area contributed by atoms with Crippen LogP contribution in [-0.2, 0) is 23.9 Å². The molecule has 3 amide bonds. The lowest BCUT2D eigenvalue weighted by Gasteiger charge is -2.25. The van der Waals surface area contributed by atoms with Crippen molar-refractivity contribution < 1.29 is 23.9 Å². The molecule has 140 valence electrons. The molecule has 0 saturated carbocycles. The highest BCUT2D eigenvalue weighted by Crippen LogP contribution is 2.28. The lowest BCUT2D eigenvalue weighted by Crippen LogP contribution is -2.38. The molecule has 1 heterocycles. The number of nitrogens with one attached hydrogen (secondary N) is 2. The van der Waals surface area contributed by atoms with Crippen molar-refractivity contribution in [3.63, 3.8) is 0 Å². The van der Waals surface area contributed by atoms with Gasteiger partial charge in [0.15, 0.2) is 6.61 Å². The van der Waals surface area contributed by atoms with Crippen LogP contribution in [0.4, 0.5) is 0 Å². The van der Waals surface area contributed by atoms with Crippen LogP contribution in [0.2, 0.25) is 0 Å². The predicted octanol–water partition coefficient (Wildman–Crippen LogP) is 0.00150. The predicted molar refractivity (Wildman–Crippen MR) is 92.7 cm³/mol. The van der Waals surface area contributed by atoms with Gasteiger partial charge in [0.1, 0.15) is 0 Å². The van der Waals surface area contributed by atoms with Crippen LogP contribution in [0.25, 0.3) is 0 Å². The maximum absolute atomic E-state index is 12.2. The fraction of sp³-hybridized carbons (Fsp3) is 0.444. The molecule has 1 aromatic rings. The average molecular weight is 361 g/mol. The van der Waals surface area contributed by atoms with E-state index in [9.17, 15) is 19.2 Å². The number of amides is 3. The summed E-state index contributed by atoms with van der Waals surface area (Å²) in [4.78, 5) is 48.6. The van der Waals surface area contributed by atoms with Gasteiger partial charge in [0, 0.05) is 20.0 Å². The van der Waals surface area contributed by atoms with Crippen LogP contribution in [-0.4, -0.2) is 55.3 Å². The summed E-state index contributed by atoms with van der Waals surface area (Å²) in [7, 11) is 1.45. The summed E-state index contributed by atoms with van der Waals surface area (Å²) in [6, 6.07) is 9.42. The van der Waals surface area contributed by atoms with E-state index in [1.807, 2.05) is 37.3 Å². The second-order valence-electron chi connectivity index (χ2n) is 6.09. The van der Waals surface area contributed by atoms with Gasteiger partial charge < -0.3 is 20.3 Å². The van der Waals surface area contributed by atoms with E-state index >= 15 is 0 Å². The standard InChI is InChI=1S/C18H23N3O5/c1-12(13-6-4-3-5-7-13)21-10-14(8-17(21)24)18(25)26-11-16(23)20-9-15(22)19-2/h3-7,12,14H,8-11H2,1-2H3,(H,19,22)(H,20,23)/t12-,14-/m0/s1. The number of rotatable bonds is 7. The number of carbonyl (C=O) groups excluding carboxylic acids is 4. The van der Waals surface area contributed by atoms with E-state index < -0.39 is 24.4 Å². The first-order chi connectivity index (χ1) is 12.4. The number of benzene rings is 1. The Bertz CT molecular complexity index is 677. The van der Waals surface area contributed by atoms with Gasteiger partial charge in [0.25, 0.3) is 5.91 Å². The molecule has 0 spiro atoms. The first-order valence-electron chi connectivity index (χ1n) is 8.40. The van der Waals surface area contributed by atoms with Crippen molar-refractivity contribution in [2.45, 2.75) is 19.4 Å². The highest BCUT2D eigenvalue weighted by Gasteiger charge is 2.38. The number of hydrogen-bond donors (Lipinski definition) is 2. The van der Waals surface area contributed by atoms with Crippen LogP contribution in [0.5, 0.6) is 0 Å². The van der Waals surface area contributed by atoms with Crippen molar-refractivity contribution in [3.05, 3.63) is 35.9 Å². The lowest BCUT2D eigenvalue weighted by molar-refractivity contribution is -0.152. The molecule has 0 aliphatic carbocycles. The van der Waals surface area contributed by atoms with Crippen LogP contribution >= 0.6 is 0 Å². The van der Waals surface area contributed by atoms with Crippen molar-refractivity contribution in [3.8, 4) is 0 Å². The Morgan fingerprint density at radius 2 is 1.92 bits per heavy atom. The van der Waals surface area contributed by atoms with E-state index in [4.69, 9.17) is 4.74 Å². The molecule has 0 bridgehead atoms. The number of esters is 1. The summed E-state index contributed by atoms with van der Waals surface area (Å²) in [6.45, 7) is 1.51. The van der Waals surface area contributed by atoms with Gasteiger partial charge in [-0.25, -0.2) is 0 Å². The number of likely N-dealkylation sites (N-methyl/N-ethyl adjacent to an activating group) is 1. The van der Waals surface area contributed by atoms with E-state index in [1.165, 1.54) is 7.05 Å². The molecule has 0 aromatic heterocycles. The van der Waals surface area contributed by atoms with Crippen molar-refractivity contribution in [2.75, 3.05) is 26.7 Å². The van der Waals surface area contributed by atoms with Crippen LogP contribution < -0.4 is 10.6 Å². The molecule has 0 radical (unpaired) electrons. The molecule has 1 aliphatic rings.